The summed E-state index contributed by atoms with van der Waals surface area (Å²) in [5.41, 5.74) is 0.841. The summed E-state index contributed by atoms with van der Waals surface area (Å²) < 4.78 is 2.87. The fourth-order valence-corrected chi connectivity index (χ4v) is 1.65. The summed E-state index contributed by atoms with van der Waals surface area (Å²) in [6.45, 7) is 4.15. The van der Waals surface area contributed by atoms with E-state index in [2.05, 4.69) is 45.1 Å². The molecule has 2 aromatic rings. The molecule has 0 fully saturated rings. The highest BCUT2D eigenvalue weighted by Gasteiger charge is 2.06. The van der Waals surface area contributed by atoms with Crippen LogP contribution in [0.2, 0.25) is 0 Å². The molecular formula is C9H11BrN4. The summed E-state index contributed by atoms with van der Waals surface area (Å²) >= 11 is 3.41. The van der Waals surface area contributed by atoms with Crippen LogP contribution >= 0.6 is 15.9 Å². The van der Waals surface area contributed by atoms with E-state index >= 15 is 0 Å². The number of imidazole rings is 1. The fraction of sp³-hybridized carbons (Fsp3) is 0.333. The van der Waals surface area contributed by atoms with Crippen molar-refractivity contribution in [3.05, 3.63) is 23.2 Å². The van der Waals surface area contributed by atoms with Gasteiger partial charge < -0.3 is 5.32 Å². The molecule has 0 saturated heterocycles. The van der Waals surface area contributed by atoms with E-state index in [4.69, 9.17) is 0 Å². The quantitative estimate of drug-likeness (QED) is 0.895. The minimum Gasteiger partial charge on any atom is -0.365 e. The highest BCUT2D eigenvalue weighted by atomic mass is 79.9. The zero-order valence-corrected chi connectivity index (χ0v) is 9.62. The molecule has 2 heterocycles. The van der Waals surface area contributed by atoms with Crippen molar-refractivity contribution in [2.75, 3.05) is 5.32 Å². The first-order valence-electron chi connectivity index (χ1n) is 4.42. The van der Waals surface area contributed by atoms with Crippen LogP contribution in [0.1, 0.15) is 13.8 Å². The van der Waals surface area contributed by atoms with Crippen LogP contribution in [0.15, 0.2) is 23.2 Å². The first-order valence-corrected chi connectivity index (χ1v) is 5.22. The number of hydrogen-bond donors (Lipinski definition) is 1. The Morgan fingerprint density at radius 3 is 2.93 bits per heavy atom. The van der Waals surface area contributed by atoms with Gasteiger partial charge >= 0.3 is 0 Å². The van der Waals surface area contributed by atoms with Crippen molar-refractivity contribution in [1.82, 2.24) is 14.4 Å². The molecule has 1 N–H and O–H groups in total. The van der Waals surface area contributed by atoms with Gasteiger partial charge in [-0.1, -0.05) is 0 Å². The summed E-state index contributed by atoms with van der Waals surface area (Å²) in [4.78, 5) is 8.51. The highest BCUT2D eigenvalue weighted by molar-refractivity contribution is 9.10. The molecule has 74 valence electrons. The summed E-state index contributed by atoms with van der Waals surface area (Å²) in [5, 5.41) is 3.25. The Labute approximate surface area is 90.5 Å². The molecule has 0 unspecified atom stereocenters. The number of aromatic nitrogens is 3. The van der Waals surface area contributed by atoms with Crippen molar-refractivity contribution in [3.8, 4) is 0 Å². The van der Waals surface area contributed by atoms with Gasteiger partial charge in [0.2, 0.25) is 0 Å². The van der Waals surface area contributed by atoms with Gasteiger partial charge in [-0.25, -0.2) is 9.97 Å². The van der Waals surface area contributed by atoms with Gasteiger partial charge in [0.25, 0.3) is 0 Å². The maximum Gasteiger partial charge on any atom is 0.180 e. The van der Waals surface area contributed by atoms with Crippen LogP contribution in [0.25, 0.3) is 5.65 Å². The molecule has 0 bridgehead atoms. The fourth-order valence-electron chi connectivity index (χ4n) is 1.26. The smallest absolute Gasteiger partial charge is 0.180 e. The Hall–Kier alpha value is -1.10. The summed E-state index contributed by atoms with van der Waals surface area (Å²) in [5.74, 6) is 0.813. The molecule has 0 radical (unpaired) electrons. The molecule has 5 heteroatoms. The molecule has 0 aliphatic heterocycles. The van der Waals surface area contributed by atoms with Gasteiger partial charge in [-0.2, -0.15) is 0 Å². The van der Waals surface area contributed by atoms with E-state index < -0.39 is 0 Å². The van der Waals surface area contributed by atoms with Crippen molar-refractivity contribution >= 4 is 27.4 Å². The van der Waals surface area contributed by atoms with E-state index in [1.165, 1.54) is 0 Å². The minimum atomic E-state index is 0.351. The zero-order chi connectivity index (χ0) is 10.1. The van der Waals surface area contributed by atoms with Gasteiger partial charge in [0.1, 0.15) is 4.60 Å². The molecule has 0 atom stereocenters. The maximum atomic E-state index is 4.26. The van der Waals surface area contributed by atoms with Crippen molar-refractivity contribution in [1.29, 1.82) is 0 Å². The van der Waals surface area contributed by atoms with Gasteiger partial charge in [0.05, 0.1) is 6.20 Å². The molecule has 2 aromatic heterocycles. The number of nitrogens with zero attached hydrogens (tertiary/aromatic N) is 3. The second-order valence-corrected chi connectivity index (χ2v) is 4.16. The Balaban J connectivity index is 2.54. The summed E-state index contributed by atoms with van der Waals surface area (Å²) in [6, 6.07) is 0.351. The first kappa shape index (κ1) is 9.45. The van der Waals surface area contributed by atoms with Crippen LogP contribution in [0.4, 0.5) is 5.82 Å². The van der Waals surface area contributed by atoms with Gasteiger partial charge in [-0.15, -0.1) is 0 Å². The molecule has 4 nitrogen and oxygen atoms in total. The number of anilines is 1. The Morgan fingerprint density at radius 2 is 2.21 bits per heavy atom. The average Bonchev–Trinajstić information content (AvgIpc) is 2.49. The molecule has 0 aliphatic carbocycles. The van der Waals surface area contributed by atoms with Crippen LogP contribution in [-0.2, 0) is 0 Å². The predicted molar refractivity (Wildman–Crippen MR) is 59.4 cm³/mol. The number of nitrogens with one attached hydrogen (secondary N) is 1. The second kappa shape index (κ2) is 3.57. The normalized spacial score (nSPS) is 11.1. The Morgan fingerprint density at radius 1 is 1.43 bits per heavy atom. The SMILES string of the molecule is CC(C)Nc1nccn2c(Br)cnc12. The van der Waals surface area contributed by atoms with Crippen molar-refractivity contribution in [2.45, 2.75) is 19.9 Å². The van der Waals surface area contributed by atoms with Crippen LogP contribution in [0, 0.1) is 0 Å². The van der Waals surface area contributed by atoms with Gasteiger partial charge in [0.15, 0.2) is 11.5 Å². The van der Waals surface area contributed by atoms with E-state index in [0.29, 0.717) is 6.04 Å². The van der Waals surface area contributed by atoms with Crippen LogP contribution in [-0.4, -0.2) is 20.4 Å². The second-order valence-electron chi connectivity index (χ2n) is 3.35. The Bertz CT molecular complexity index is 449. The average molecular weight is 255 g/mol. The summed E-state index contributed by atoms with van der Waals surface area (Å²) in [6.07, 6.45) is 5.39. The third kappa shape index (κ3) is 1.59. The van der Waals surface area contributed by atoms with Crippen molar-refractivity contribution in [3.63, 3.8) is 0 Å². The lowest BCUT2D eigenvalue weighted by Gasteiger charge is -2.09. The number of hydrogen-bond acceptors (Lipinski definition) is 3. The monoisotopic (exact) mass is 254 g/mol. The standard InChI is InChI=1S/C9H11BrN4/c1-6(2)13-8-9-12-5-7(10)14(9)4-3-11-8/h3-6H,1-2H3,(H,11,13). The number of fused-ring (bicyclic) bond motifs is 1. The molecule has 14 heavy (non-hydrogen) atoms. The topological polar surface area (TPSA) is 42.2 Å². The molecule has 2 rings (SSSR count). The third-order valence-electron chi connectivity index (χ3n) is 1.81. The Kier molecular flexibility index (Phi) is 2.41. The lowest BCUT2D eigenvalue weighted by atomic mass is 10.4. The van der Waals surface area contributed by atoms with Gasteiger partial charge in [-0.05, 0) is 29.8 Å². The molecule has 0 saturated carbocycles. The van der Waals surface area contributed by atoms with Gasteiger partial charge in [0, 0.05) is 18.4 Å². The predicted octanol–water partition coefficient (Wildman–Crippen LogP) is 2.31. The van der Waals surface area contributed by atoms with E-state index in [1.54, 1.807) is 12.4 Å². The minimum absolute atomic E-state index is 0.351. The molecule has 0 spiro atoms. The zero-order valence-electron chi connectivity index (χ0n) is 8.03. The van der Waals surface area contributed by atoms with E-state index in [-0.39, 0.29) is 0 Å². The van der Waals surface area contributed by atoms with E-state index in [0.717, 1.165) is 16.1 Å². The lowest BCUT2D eigenvalue weighted by Crippen LogP contribution is -2.12. The number of halogens is 1. The van der Waals surface area contributed by atoms with Crippen LogP contribution < -0.4 is 5.32 Å². The maximum absolute atomic E-state index is 4.26. The molecular weight excluding hydrogens is 244 g/mol. The van der Waals surface area contributed by atoms with E-state index in [1.807, 2.05) is 10.6 Å². The lowest BCUT2D eigenvalue weighted by molar-refractivity contribution is 0.886. The van der Waals surface area contributed by atoms with Crippen molar-refractivity contribution in [2.24, 2.45) is 0 Å². The van der Waals surface area contributed by atoms with Crippen LogP contribution in [0.5, 0.6) is 0 Å². The highest BCUT2D eigenvalue weighted by Crippen LogP contribution is 2.18. The molecule has 0 aromatic carbocycles. The van der Waals surface area contributed by atoms with Crippen LogP contribution in [0.3, 0.4) is 0 Å². The van der Waals surface area contributed by atoms with E-state index in [9.17, 15) is 0 Å². The van der Waals surface area contributed by atoms with Gasteiger partial charge in [-0.3, -0.25) is 4.40 Å². The number of rotatable bonds is 2. The molecule has 0 amide bonds. The molecule has 0 aliphatic rings. The van der Waals surface area contributed by atoms with Crippen molar-refractivity contribution < 1.29 is 0 Å². The first-order chi connectivity index (χ1) is 6.68. The third-order valence-corrected chi connectivity index (χ3v) is 2.40. The summed E-state index contributed by atoms with van der Waals surface area (Å²) in [7, 11) is 0. The largest absolute Gasteiger partial charge is 0.365 e.